The Morgan fingerprint density at radius 1 is 0.571 bits per heavy atom. The van der Waals surface area contributed by atoms with Crippen molar-refractivity contribution in [1.29, 1.82) is 0 Å². The fourth-order valence-corrected chi connectivity index (χ4v) is 13.7. The minimum atomic E-state index is -4.74. The fraction of sp³-hybridized carbons (Fsp3) is 0.284. The van der Waals surface area contributed by atoms with Crippen molar-refractivity contribution in [3.05, 3.63) is 202 Å². The Labute approximate surface area is 738 Å². The van der Waals surface area contributed by atoms with Crippen molar-refractivity contribution in [2.24, 2.45) is 16.0 Å². The molecular formula is C67H71AlBr2Cl4F15LiN8Na2O10S2. The van der Waals surface area contributed by atoms with E-state index in [1.807, 2.05) is 59.4 Å². The molecule has 604 valence electrons. The van der Waals surface area contributed by atoms with Gasteiger partial charge < -0.3 is 49.1 Å². The predicted octanol–water partition coefficient (Wildman–Crippen LogP) is 8.72. The van der Waals surface area contributed by atoms with Crippen LogP contribution in [0.3, 0.4) is 0 Å². The number of carbonyl (C=O) groups excluding carboxylic acids is 2. The molecule has 10 aromatic rings. The maximum absolute atomic E-state index is 13.7. The van der Waals surface area contributed by atoms with Gasteiger partial charge in [0.2, 0.25) is 15.8 Å². The molecule has 18 nitrogen and oxygen atoms in total. The number of Topliss-reactive ketones (excluding diaryl/α,β-unsaturated/α-hetero) is 1. The summed E-state index contributed by atoms with van der Waals surface area (Å²) in [6, 6.07) is 34.3. The van der Waals surface area contributed by atoms with Crippen LogP contribution in [-0.4, -0.2) is 146 Å². The number of H-pyrrole nitrogens is 4. The number of fused-ring (bicyclic) bond motifs is 4. The molecule has 4 heterocycles. The van der Waals surface area contributed by atoms with Crippen molar-refractivity contribution >= 4 is 181 Å². The summed E-state index contributed by atoms with van der Waals surface area (Å²) in [7, 11) is -2.67. The van der Waals surface area contributed by atoms with E-state index in [-0.39, 0.29) is 121 Å². The quantitative estimate of drug-likeness (QED) is 0.00621. The number of alkyl halides is 20. The van der Waals surface area contributed by atoms with Crippen molar-refractivity contribution in [2.45, 2.75) is 118 Å². The summed E-state index contributed by atoms with van der Waals surface area (Å²) in [5.41, 5.74) is 11.7. The normalized spacial score (nSPS) is 12.1. The number of aromatic amines is 4. The summed E-state index contributed by atoms with van der Waals surface area (Å²) in [5.74, 6) is -1.75. The maximum Gasteiger partial charge on any atom is 1.00 e. The summed E-state index contributed by atoms with van der Waals surface area (Å²) in [6.07, 6.45) is -17.6. The zero-order valence-corrected chi connectivity index (χ0v) is 71.5. The summed E-state index contributed by atoms with van der Waals surface area (Å²) in [6.45, 7) is 10.2. The number of nitrogens with one attached hydrogen (secondary N) is 5. The van der Waals surface area contributed by atoms with Gasteiger partial charge in [0.25, 0.3) is 15.5 Å². The summed E-state index contributed by atoms with van der Waals surface area (Å²) in [4.78, 5) is 32.9. The Kier molecular flexibility index (Phi) is 51.5. The van der Waals surface area contributed by atoms with E-state index in [1.165, 1.54) is 23.3 Å². The van der Waals surface area contributed by atoms with Gasteiger partial charge in [0.05, 0.1) is 20.5 Å². The van der Waals surface area contributed by atoms with Crippen LogP contribution in [0.1, 0.15) is 52.9 Å². The molecule has 0 aliphatic rings. The number of nitrogens with two attached hydrogens (primary N) is 1. The minimum Gasteiger partial charge on any atom is -1.00 e. The summed E-state index contributed by atoms with van der Waals surface area (Å²) >= 11 is 19.3. The first-order valence-electron chi connectivity index (χ1n) is 30.0. The number of benzene rings is 6. The van der Waals surface area contributed by atoms with Crippen LogP contribution in [-0.2, 0) is 52.8 Å². The number of aryl methyl sites for hydroxylation is 6. The van der Waals surface area contributed by atoms with E-state index >= 15 is 0 Å². The number of hydrogen-bond acceptors (Lipinski definition) is 13. The molecule has 0 aliphatic heterocycles. The van der Waals surface area contributed by atoms with Crippen molar-refractivity contribution in [3.63, 3.8) is 0 Å². The van der Waals surface area contributed by atoms with Gasteiger partial charge in [-0.15, -0.1) is 0 Å². The van der Waals surface area contributed by atoms with Gasteiger partial charge in [-0.25, -0.2) is 16.8 Å². The monoisotopic (exact) mass is 1870 g/mol. The number of nitrogens with zero attached hydrogens (tertiary/aromatic N) is 2. The van der Waals surface area contributed by atoms with Crippen LogP contribution >= 0.6 is 77.3 Å². The van der Waals surface area contributed by atoms with Crippen LogP contribution in [0.4, 0.5) is 65.9 Å². The second-order valence-corrected chi connectivity index (χ2v) is 29.5. The second-order valence-electron chi connectivity index (χ2n) is 22.2. The van der Waals surface area contributed by atoms with E-state index in [9.17, 15) is 87.5 Å². The Morgan fingerprint density at radius 2 is 0.920 bits per heavy atom. The summed E-state index contributed by atoms with van der Waals surface area (Å²) < 4.78 is 232. The van der Waals surface area contributed by atoms with Gasteiger partial charge in [0, 0.05) is 80.1 Å². The Morgan fingerprint density at radius 3 is 1.22 bits per heavy atom. The van der Waals surface area contributed by atoms with Gasteiger partial charge in [0.1, 0.15) is 12.1 Å². The third-order valence-corrected chi connectivity index (χ3v) is 18.5. The number of halogens is 21. The summed E-state index contributed by atoms with van der Waals surface area (Å²) in [5, 5.41) is 31.1. The Balaban J connectivity index is -0.000000410. The van der Waals surface area contributed by atoms with Crippen molar-refractivity contribution < 1.29 is 194 Å². The first-order chi connectivity index (χ1) is 49.9. The van der Waals surface area contributed by atoms with Crippen LogP contribution in [0, 0.1) is 41.5 Å². The average Bonchev–Trinajstić information content (AvgIpc) is 0.889. The third kappa shape index (κ3) is 38.7. The molecule has 0 saturated heterocycles. The molecule has 2 atom stereocenters. The largest absolute Gasteiger partial charge is 1.00 e. The number of rotatable bonds is 13. The third-order valence-electron chi connectivity index (χ3n) is 14.0. The number of para-hydroxylation sites is 4. The molecule has 0 radical (unpaired) electrons. The molecule has 2 unspecified atom stereocenters. The molecule has 6 aromatic carbocycles. The maximum atomic E-state index is 13.7. The molecule has 0 spiro atoms. The molecule has 45 heteroatoms. The molecule has 10 rings (SSSR count). The molecule has 0 aliphatic carbocycles. The second kappa shape index (κ2) is 51.7. The van der Waals surface area contributed by atoms with E-state index in [1.54, 1.807) is 114 Å². The van der Waals surface area contributed by atoms with E-state index < -0.39 is 107 Å². The van der Waals surface area contributed by atoms with Crippen LogP contribution in [0.25, 0.3) is 43.6 Å². The van der Waals surface area contributed by atoms with Crippen molar-refractivity contribution in [2.75, 3.05) is 10.7 Å². The zero-order valence-electron chi connectivity index (χ0n) is 61.7. The van der Waals surface area contributed by atoms with Crippen molar-refractivity contribution in [1.82, 2.24) is 24.7 Å². The molecule has 4 aromatic heterocycles. The van der Waals surface area contributed by atoms with Crippen LogP contribution < -0.4 is 93.7 Å². The number of ketones is 1. The van der Waals surface area contributed by atoms with E-state index in [0.29, 0.717) is 55.2 Å². The van der Waals surface area contributed by atoms with E-state index in [4.69, 9.17) is 71.7 Å². The SMILES string of the molecule is Cc1cc(C)c(S(=O)(=O)Cl)c(C)c1.Cc1cc(C)c(S(=O)(=O)NC(Cc2c[nH]c3ccccc23)C(F)(F)F)c(C)c1.ClC(Cl)Cl.NC(Cc1c[nH]c2ccccc12)C(F)(F)F.O/N=C(\Cc1c[nH]c2ccccc12)C(F)(F)F.O=C(CBr)C(F)(F)F.O=CO[O-].ON=C(CBr)C(F)(F)F.[AlH3].[H-].[H-].[Li+].[Na+].[Na+].c1ccc2[nH]ccc2c1. The smallest absolute Gasteiger partial charge is 1.00 e. The first-order valence-corrected chi connectivity index (χ1v) is 37.4. The molecule has 9 N–H and O–H groups in total. The van der Waals surface area contributed by atoms with Gasteiger partial charge in [-0.05, 0) is 129 Å². The van der Waals surface area contributed by atoms with Crippen molar-refractivity contribution in [3.8, 4) is 0 Å². The zero-order chi connectivity index (χ0) is 82.5. The Bertz CT molecular complexity index is 4770. The number of sulfonamides is 1. The van der Waals surface area contributed by atoms with Crippen LogP contribution in [0.15, 0.2) is 172 Å². The number of aromatic nitrogens is 4. The minimum absolute atomic E-state index is 0. The number of carbonyl (C=O) groups is 2. The van der Waals surface area contributed by atoms with Crippen LogP contribution in [0.2, 0.25) is 0 Å². The van der Waals surface area contributed by atoms with Gasteiger partial charge in [-0.2, -0.15) is 70.6 Å². The van der Waals surface area contributed by atoms with Gasteiger partial charge in [-0.3, -0.25) is 9.59 Å². The number of oxime groups is 2. The number of hydrogen-bond donors (Lipinski definition) is 8. The molecular weight excluding hydrogens is 1810 g/mol. The molecule has 0 fully saturated rings. The first kappa shape index (κ1) is 112. The molecule has 112 heavy (non-hydrogen) atoms. The standard InChI is InChI=1S/C20H21F3N2O2S.C11H9F3N2O.C11H11F3N2.C9H11ClO2S.C8H7N.C3H3BrF3NO.C3H2BrF3O.CHCl3.CH2O3.Al.Li.2Na.5H/c1-12-8-13(2)19(14(3)9-12)28(26,27)25-18(20(21,22)23)10-15-11-24-17-7-5-4-6-16(15)17;12-11(13,14)10(16-17)5-7-6-15-9-4-2-1-3-8(7)9;12-11(13,14)10(15)5-7-6-16-9-4-2-1-3-8(7)9;1-6-4-7(2)9(8(3)5-6)13(10,11)12;1-2-4-8-7(3-1)5-6-9-8;4-1-2(8-9)3(5,6)7;4-1-2(8)3(5,6)7;2-1(3)4;2-1-4-3;;;;;;;;;/h4-9,11,18,24-25H,10H2,1-3H3;1-4,6,15,17H,5H2;1-4,6,10,16H,5,15H2;4-5H,1-3H3;1-6,9H;9H,1H2;1H2;1H;1,3H;;;;;;;;;/q;;;;;;;;;;3*+1;;;;2*-1/p-1/b;16-10+;;;;;;;;;;;;;;;;. The topological polar surface area (TPSA) is 301 Å². The average molecular weight is 1880 g/mol. The predicted molar refractivity (Wildman–Crippen MR) is 403 cm³/mol. The Hall–Kier alpha value is -4.46. The van der Waals surface area contributed by atoms with Gasteiger partial charge in [-0.1, -0.05) is 185 Å². The molecule has 0 saturated carbocycles. The molecule has 0 amide bonds. The van der Waals surface area contributed by atoms with Crippen LogP contribution in [0.5, 0.6) is 0 Å². The fourth-order valence-electron chi connectivity index (χ4n) is 9.67. The van der Waals surface area contributed by atoms with Gasteiger partial charge in [0.15, 0.2) is 33.1 Å². The molecule has 0 bridgehead atoms. The van der Waals surface area contributed by atoms with Gasteiger partial charge >= 0.3 is 109 Å². The van der Waals surface area contributed by atoms with E-state index in [0.717, 1.165) is 27.5 Å². The van der Waals surface area contributed by atoms with E-state index in [2.05, 4.69) is 80.0 Å².